The lowest BCUT2D eigenvalue weighted by atomic mass is 9.95. The summed E-state index contributed by atoms with van der Waals surface area (Å²) in [6.07, 6.45) is -67.6. The lowest BCUT2D eigenvalue weighted by Gasteiger charge is -2.50. The molecule has 2 aromatic rings. The highest BCUT2D eigenvalue weighted by molar-refractivity contribution is 5.47. The molecule has 21 aliphatic rings. The van der Waals surface area contributed by atoms with Crippen LogP contribution in [0.4, 0.5) is 0 Å². The summed E-state index contributed by atoms with van der Waals surface area (Å²) in [6, 6.07) is 7.35. The lowest BCUT2D eigenvalue weighted by Crippen LogP contribution is -2.68. The molecular formula is C54H81N3O35. The van der Waals surface area contributed by atoms with Crippen LogP contribution in [0.2, 0.25) is 0 Å². The van der Waals surface area contributed by atoms with E-state index in [9.17, 15) is 102 Å². The second-order valence-corrected chi connectivity index (χ2v) is 23.3. The molecule has 92 heavy (non-hydrogen) atoms. The van der Waals surface area contributed by atoms with E-state index >= 15 is 0 Å². The topological polar surface area (TPSA) is 574 Å². The third-order valence-electron chi connectivity index (χ3n) is 17.3. The second kappa shape index (κ2) is 31.1. The van der Waals surface area contributed by atoms with Crippen LogP contribution in [-0.4, -0.2) is 372 Å². The Hall–Kier alpha value is -3.30. The van der Waals surface area contributed by atoms with E-state index in [0.717, 1.165) is 11.1 Å². The standard InChI is InChI=1S/C54H81N3O35/c1-2-17-3-5-18(6-4-17)15-78-16-19-7-57(56-55-19)8-20-41-27(64)34(71)48(79-20)87-42-21(9-58)81-50(36(73)29(42)66)89-44-23(11-60)83-52(38(75)31(44)68)91-46-25(13-62)85-54(40(77)33(46)70)92-47-26(14-63)84-53(39(76)32(47)69)90-45-24(12-61)82-51(37(74)30(45)67)88-43-22(10-59)80-49(86-41)35(72)28(43)65/h2-7,20-54,58-77H,1,8-16H2/t20-,21-,22-,23-,24-,25-,26-,27-,28-,29-,30-,31-,32-,33-,34-,35-,36-,37-,38-,39-,40-,41-,42-,43-,44-,45-,46-,47-,48-,49-,50-,51-,52-,53-,54-/m1/s1. The van der Waals surface area contributed by atoms with Gasteiger partial charge in [0.25, 0.3) is 0 Å². The fraction of sp³-hybridized carbons (Fsp3) is 0.815. The molecule has 38 nitrogen and oxygen atoms in total. The second-order valence-electron chi connectivity index (χ2n) is 23.3. The molecule has 0 unspecified atom stereocenters. The van der Waals surface area contributed by atoms with Crippen molar-refractivity contribution in [2.24, 2.45) is 0 Å². The van der Waals surface area contributed by atoms with E-state index in [4.69, 9.17) is 71.1 Å². The van der Waals surface area contributed by atoms with Crippen LogP contribution in [-0.2, 0) is 90.8 Å². The van der Waals surface area contributed by atoms with Crippen molar-refractivity contribution in [3.05, 3.63) is 53.9 Å². The van der Waals surface area contributed by atoms with Crippen LogP contribution in [0, 0.1) is 0 Å². The van der Waals surface area contributed by atoms with Gasteiger partial charge in [-0.1, -0.05) is 42.1 Å². The van der Waals surface area contributed by atoms with Crippen molar-refractivity contribution in [2.45, 2.75) is 235 Å². The number of aliphatic hydroxyl groups excluding tert-OH is 20. The van der Waals surface area contributed by atoms with Gasteiger partial charge in [-0.3, -0.25) is 0 Å². The molecule has 0 radical (unpaired) electrons. The van der Waals surface area contributed by atoms with Crippen LogP contribution in [0.5, 0.6) is 0 Å². The molecule has 0 saturated carbocycles. The number of nitrogens with zero attached hydrogens (tertiary/aromatic N) is 3. The molecule has 21 saturated heterocycles. The molecule has 0 spiro atoms. The van der Waals surface area contributed by atoms with Crippen molar-refractivity contribution >= 4 is 6.08 Å². The molecule has 0 aliphatic carbocycles. The van der Waals surface area contributed by atoms with Crippen LogP contribution in [0.15, 0.2) is 37.0 Å². The van der Waals surface area contributed by atoms with Crippen molar-refractivity contribution in [3.8, 4) is 0 Å². The van der Waals surface area contributed by atoms with Crippen LogP contribution in [0.1, 0.15) is 16.8 Å². The van der Waals surface area contributed by atoms with Gasteiger partial charge >= 0.3 is 0 Å². The van der Waals surface area contributed by atoms with Gasteiger partial charge in [-0.2, -0.15) is 0 Å². The lowest BCUT2D eigenvalue weighted by molar-refractivity contribution is -0.396. The van der Waals surface area contributed by atoms with E-state index < -0.39 is 261 Å². The molecule has 522 valence electrons. The van der Waals surface area contributed by atoms with Crippen molar-refractivity contribution in [3.63, 3.8) is 0 Å². The average Bonchev–Trinajstić information content (AvgIpc) is 0.809. The maximum Gasteiger partial charge on any atom is 0.187 e. The maximum absolute atomic E-state index is 12.0. The van der Waals surface area contributed by atoms with Crippen molar-refractivity contribution < 1.29 is 173 Å². The van der Waals surface area contributed by atoms with Gasteiger partial charge in [-0.25, -0.2) is 4.68 Å². The summed E-state index contributed by atoms with van der Waals surface area (Å²) in [5.74, 6) is 0. The minimum atomic E-state index is -2.23. The number of benzene rings is 1. The van der Waals surface area contributed by atoms with E-state index in [0.29, 0.717) is 0 Å². The first-order chi connectivity index (χ1) is 44.1. The normalized spacial score (nSPS) is 48.2. The van der Waals surface area contributed by atoms with Gasteiger partial charge < -0.3 is 173 Å². The highest BCUT2D eigenvalue weighted by Gasteiger charge is 2.60. The molecule has 20 N–H and O–H groups in total. The van der Waals surface area contributed by atoms with Gasteiger partial charge in [-0.05, 0) is 11.1 Å². The first kappa shape index (κ1) is 71.5. The van der Waals surface area contributed by atoms with Gasteiger partial charge in [0.15, 0.2) is 44.0 Å². The minimum Gasteiger partial charge on any atom is -0.394 e. The predicted octanol–water partition coefficient (Wildman–Crippen LogP) is -12.6. The Morgan fingerprint density at radius 3 is 0.848 bits per heavy atom. The molecule has 23 rings (SSSR count). The van der Waals surface area contributed by atoms with E-state index in [1.807, 2.05) is 24.3 Å². The van der Waals surface area contributed by atoms with Gasteiger partial charge in [0.05, 0.1) is 65.6 Å². The third-order valence-corrected chi connectivity index (χ3v) is 17.3. The number of hydrogen-bond acceptors (Lipinski definition) is 37. The quantitative estimate of drug-likeness (QED) is 0.0885. The summed E-state index contributed by atoms with van der Waals surface area (Å²) in [4.78, 5) is 0. The summed E-state index contributed by atoms with van der Waals surface area (Å²) in [5, 5.41) is 233. The number of rotatable bonds is 13. The number of ether oxygens (including phenoxy) is 15. The molecule has 38 heteroatoms. The van der Waals surface area contributed by atoms with E-state index in [2.05, 4.69) is 16.9 Å². The largest absolute Gasteiger partial charge is 0.394 e. The van der Waals surface area contributed by atoms with E-state index in [1.54, 1.807) is 6.08 Å². The predicted molar refractivity (Wildman–Crippen MR) is 286 cm³/mol. The molecule has 14 bridgehead atoms. The average molecular weight is 1330 g/mol. The molecule has 35 atom stereocenters. The fourth-order valence-corrected chi connectivity index (χ4v) is 12.1. The summed E-state index contributed by atoms with van der Waals surface area (Å²) in [6.45, 7) is -2.98. The highest BCUT2D eigenvalue weighted by atomic mass is 16.8. The third kappa shape index (κ3) is 14.8. The van der Waals surface area contributed by atoms with Crippen LogP contribution in [0.3, 0.4) is 0 Å². The molecule has 21 aliphatic heterocycles. The van der Waals surface area contributed by atoms with Crippen LogP contribution < -0.4 is 0 Å². The molecule has 22 heterocycles. The zero-order valence-corrected chi connectivity index (χ0v) is 48.7. The van der Waals surface area contributed by atoms with Crippen LogP contribution >= 0.6 is 0 Å². The first-order valence-corrected chi connectivity index (χ1v) is 29.6. The summed E-state index contributed by atoms with van der Waals surface area (Å²) in [5.41, 5.74) is 1.98. The molecular weight excluding hydrogens is 1250 g/mol. The monoisotopic (exact) mass is 1330 g/mol. The Kier molecular flexibility index (Phi) is 24.1. The zero-order valence-electron chi connectivity index (χ0n) is 48.7. The Balaban J connectivity index is 0.937. The van der Waals surface area contributed by atoms with Gasteiger partial charge in [0.1, 0.15) is 177 Å². The zero-order chi connectivity index (χ0) is 66.1. The molecule has 1 aromatic carbocycles. The smallest absolute Gasteiger partial charge is 0.187 e. The van der Waals surface area contributed by atoms with Crippen molar-refractivity contribution in [1.82, 2.24) is 15.0 Å². The summed E-state index contributed by atoms with van der Waals surface area (Å²) in [7, 11) is 0. The van der Waals surface area contributed by atoms with Crippen LogP contribution in [0.25, 0.3) is 6.08 Å². The van der Waals surface area contributed by atoms with E-state index in [-0.39, 0.29) is 18.9 Å². The fourth-order valence-electron chi connectivity index (χ4n) is 12.1. The van der Waals surface area contributed by atoms with Crippen molar-refractivity contribution in [2.75, 3.05) is 39.6 Å². The molecule has 1 aromatic heterocycles. The summed E-state index contributed by atoms with van der Waals surface area (Å²) < 4.78 is 88.8. The Morgan fingerprint density at radius 1 is 0.348 bits per heavy atom. The summed E-state index contributed by atoms with van der Waals surface area (Å²) >= 11 is 0. The molecule has 0 amide bonds. The van der Waals surface area contributed by atoms with Crippen molar-refractivity contribution in [1.29, 1.82) is 0 Å². The van der Waals surface area contributed by atoms with Gasteiger partial charge in [0, 0.05) is 0 Å². The maximum atomic E-state index is 12.0. The van der Waals surface area contributed by atoms with E-state index in [1.165, 1.54) is 10.9 Å². The number of hydrogen-bond donors (Lipinski definition) is 20. The Labute approximate surface area is 521 Å². The number of aliphatic hydroxyl groups is 20. The first-order valence-electron chi connectivity index (χ1n) is 29.6. The highest BCUT2D eigenvalue weighted by Crippen LogP contribution is 2.39. The molecule has 21 fully saturated rings. The minimum absolute atomic E-state index is 0.0749. The number of aromatic nitrogens is 3. The SMILES string of the molecule is C=Cc1ccc(COCc2cn(C[C@H]3O[C@@H]4O[C@H]5[C@H](O)[C@@H](O)[C@@H](O[C@H]6[C@H](O)[C@@H](O)[C@@H](O[C@H]7[C@H](O)[C@@H](O)[C@@H](O[C@H]8[C@H](O)[C@@H](O)[C@@H](O[C@H]9[C@H](O)[C@@H](O)[C@@H](O[C@H]%10[C@H](O)[C@@H](O)[C@@H](O[C@H]3[C@H](O)[C@H]4O)O[C@@H]%10CO)O[C@@H]9CO)O[C@@H]8CO)O[C@@H]7CO)O[C@@H]6CO)O[C@@H]5CO)nn2)cc1. The Morgan fingerprint density at radius 2 is 0.598 bits per heavy atom. The van der Waals surface area contributed by atoms with Gasteiger partial charge in [0.2, 0.25) is 0 Å². The Bertz CT molecular complexity index is 2610. The van der Waals surface area contributed by atoms with Gasteiger partial charge in [-0.15, -0.1) is 5.10 Å².